The van der Waals surface area contributed by atoms with Crippen LogP contribution in [0, 0.1) is 0 Å². The Morgan fingerprint density at radius 2 is 2.16 bits per heavy atom. The Morgan fingerprint density at radius 1 is 1.47 bits per heavy atom. The van der Waals surface area contributed by atoms with Gasteiger partial charge in [0.05, 0.1) is 5.75 Å². The molecular weight excluding hydrogens is 268 g/mol. The summed E-state index contributed by atoms with van der Waals surface area (Å²) in [7, 11) is -1.75. The van der Waals surface area contributed by atoms with Crippen LogP contribution in [-0.4, -0.2) is 67.2 Å². The predicted molar refractivity (Wildman–Crippen MR) is 73.6 cm³/mol. The molecule has 1 saturated heterocycles. The SMILES string of the molecule is CCN1CCCC1CN(C)S(=O)(=O)CCCC(=O)O. The maximum absolute atomic E-state index is 12.0. The lowest BCUT2D eigenvalue weighted by atomic mass is 10.2. The van der Waals surface area contributed by atoms with Crippen molar-refractivity contribution >= 4 is 16.0 Å². The number of nitrogens with zero attached hydrogens (tertiary/aromatic N) is 2. The summed E-state index contributed by atoms with van der Waals surface area (Å²) in [6, 6.07) is 0.296. The van der Waals surface area contributed by atoms with E-state index >= 15 is 0 Å². The third-order valence-electron chi connectivity index (χ3n) is 3.64. The normalized spacial score (nSPS) is 21.1. The molecule has 0 aromatic rings. The van der Waals surface area contributed by atoms with E-state index in [-0.39, 0.29) is 18.6 Å². The Kier molecular flexibility index (Phi) is 6.22. The van der Waals surface area contributed by atoms with Crippen molar-refractivity contribution in [2.24, 2.45) is 0 Å². The van der Waals surface area contributed by atoms with Gasteiger partial charge in [-0.3, -0.25) is 9.69 Å². The molecule has 19 heavy (non-hydrogen) atoms. The molecule has 0 amide bonds. The molecule has 0 aromatic heterocycles. The summed E-state index contributed by atoms with van der Waals surface area (Å²) in [5.41, 5.74) is 0. The number of likely N-dealkylation sites (N-methyl/N-ethyl adjacent to an activating group) is 2. The first-order valence-electron chi connectivity index (χ1n) is 6.76. The smallest absolute Gasteiger partial charge is 0.303 e. The van der Waals surface area contributed by atoms with E-state index in [1.54, 1.807) is 7.05 Å². The van der Waals surface area contributed by atoms with Gasteiger partial charge in [0.25, 0.3) is 0 Å². The fourth-order valence-corrected chi connectivity index (χ4v) is 3.71. The van der Waals surface area contributed by atoms with E-state index < -0.39 is 16.0 Å². The molecule has 0 aliphatic carbocycles. The third-order valence-corrected chi connectivity index (χ3v) is 5.54. The van der Waals surface area contributed by atoms with Crippen LogP contribution in [0.15, 0.2) is 0 Å². The van der Waals surface area contributed by atoms with Crippen molar-refractivity contribution < 1.29 is 18.3 Å². The highest BCUT2D eigenvalue weighted by Gasteiger charge is 2.28. The molecule has 0 saturated carbocycles. The largest absolute Gasteiger partial charge is 0.481 e. The van der Waals surface area contributed by atoms with Crippen molar-refractivity contribution in [1.29, 1.82) is 0 Å². The summed E-state index contributed by atoms with van der Waals surface area (Å²) in [5, 5.41) is 8.53. The second-order valence-corrected chi connectivity index (χ2v) is 7.21. The van der Waals surface area contributed by atoms with E-state index in [1.807, 2.05) is 0 Å². The molecule has 1 aliphatic heterocycles. The van der Waals surface area contributed by atoms with Crippen molar-refractivity contribution in [2.75, 3.05) is 32.4 Å². The fourth-order valence-electron chi connectivity index (χ4n) is 2.49. The first-order chi connectivity index (χ1) is 8.86. The lowest BCUT2D eigenvalue weighted by molar-refractivity contribution is -0.137. The quantitative estimate of drug-likeness (QED) is 0.709. The van der Waals surface area contributed by atoms with Gasteiger partial charge < -0.3 is 5.11 Å². The molecule has 7 heteroatoms. The minimum Gasteiger partial charge on any atom is -0.481 e. The minimum atomic E-state index is -3.33. The van der Waals surface area contributed by atoms with E-state index in [2.05, 4.69) is 11.8 Å². The van der Waals surface area contributed by atoms with Crippen LogP contribution in [0.3, 0.4) is 0 Å². The number of rotatable bonds is 8. The Labute approximate surface area is 115 Å². The molecular formula is C12H24N2O4S. The van der Waals surface area contributed by atoms with Crippen molar-refractivity contribution in [2.45, 2.75) is 38.6 Å². The number of carboxylic acids is 1. The fraction of sp³-hybridized carbons (Fsp3) is 0.917. The third kappa shape index (κ3) is 5.08. The topological polar surface area (TPSA) is 77.9 Å². The molecule has 1 heterocycles. The highest BCUT2D eigenvalue weighted by Crippen LogP contribution is 2.18. The number of hydrogen-bond acceptors (Lipinski definition) is 4. The van der Waals surface area contributed by atoms with Gasteiger partial charge in [0.1, 0.15) is 0 Å². The zero-order valence-electron chi connectivity index (χ0n) is 11.7. The average molecular weight is 292 g/mol. The summed E-state index contributed by atoms with van der Waals surface area (Å²) < 4.78 is 25.4. The second kappa shape index (κ2) is 7.21. The Bertz CT molecular complexity index is 397. The van der Waals surface area contributed by atoms with Crippen LogP contribution >= 0.6 is 0 Å². The Hall–Kier alpha value is -0.660. The lowest BCUT2D eigenvalue weighted by Crippen LogP contribution is -2.41. The summed E-state index contributed by atoms with van der Waals surface area (Å²) in [4.78, 5) is 12.7. The highest BCUT2D eigenvalue weighted by molar-refractivity contribution is 7.89. The van der Waals surface area contributed by atoms with Gasteiger partial charge in [0.2, 0.25) is 10.0 Å². The van der Waals surface area contributed by atoms with Crippen LogP contribution in [0.5, 0.6) is 0 Å². The lowest BCUT2D eigenvalue weighted by Gasteiger charge is -2.27. The first kappa shape index (κ1) is 16.4. The molecule has 0 spiro atoms. The Balaban J connectivity index is 2.46. The second-order valence-electron chi connectivity index (χ2n) is 5.02. The molecule has 1 N–H and O–H groups in total. The number of likely N-dealkylation sites (tertiary alicyclic amines) is 1. The predicted octanol–water partition coefficient (Wildman–Crippen LogP) is 0.597. The molecule has 6 nitrogen and oxygen atoms in total. The summed E-state index contributed by atoms with van der Waals surface area (Å²) in [5.74, 6) is -1.04. The first-order valence-corrected chi connectivity index (χ1v) is 8.37. The van der Waals surface area contributed by atoms with Crippen molar-refractivity contribution in [3.63, 3.8) is 0 Å². The van der Waals surface area contributed by atoms with Crippen LogP contribution in [0.2, 0.25) is 0 Å². The average Bonchev–Trinajstić information content (AvgIpc) is 2.75. The van der Waals surface area contributed by atoms with Gasteiger partial charge in [-0.2, -0.15) is 0 Å². The van der Waals surface area contributed by atoms with Gasteiger partial charge in [-0.1, -0.05) is 6.92 Å². The van der Waals surface area contributed by atoms with Gasteiger partial charge in [0.15, 0.2) is 0 Å². The van der Waals surface area contributed by atoms with Crippen LogP contribution in [0.4, 0.5) is 0 Å². The standard InChI is InChI=1S/C12H24N2O4S/c1-3-14-8-4-6-11(14)10-13(2)19(17,18)9-5-7-12(15)16/h11H,3-10H2,1-2H3,(H,15,16). The van der Waals surface area contributed by atoms with E-state index in [0.717, 1.165) is 25.9 Å². The monoisotopic (exact) mass is 292 g/mol. The molecule has 0 radical (unpaired) electrons. The number of hydrogen-bond donors (Lipinski definition) is 1. The highest BCUT2D eigenvalue weighted by atomic mass is 32.2. The summed E-state index contributed by atoms with van der Waals surface area (Å²) >= 11 is 0. The van der Waals surface area contributed by atoms with E-state index in [0.29, 0.717) is 12.6 Å². The molecule has 1 rings (SSSR count). The number of carboxylic acid groups (broad SMARTS) is 1. The van der Waals surface area contributed by atoms with Crippen molar-refractivity contribution in [3.8, 4) is 0 Å². The van der Waals surface area contributed by atoms with E-state index in [4.69, 9.17) is 5.11 Å². The van der Waals surface area contributed by atoms with Crippen LogP contribution in [0.1, 0.15) is 32.6 Å². The molecule has 1 atom stereocenters. The molecule has 0 aromatic carbocycles. The summed E-state index contributed by atoms with van der Waals surface area (Å²) in [6.07, 6.45) is 2.22. The molecule has 1 unspecified atom stereocenters. The van der Waals surface area contributed by atoms with Crippen LogP contribution in [0.25, 0.3) is 0 Å². The summed E-state index contributed by atoms with van der Waals surface area (Å²) in [6.45, 7) is 4.56. The van der Waals surface area contributed by atoms with Crippen molar-refractivity contribution in [1.82, 2.24) is 9.21 Å². The minimum absolute atomic E-state index is 0.0886. The van der Waals surface area contributed by atoms with Gasteiger partial charge in [0, 0.05) is 26.1 Å². The molecule has 1 fully saturated rings. The Morgan fingerprint density at radius 3 is 2.74 bits per heavy atom. The number of carbonyl (C=O) groups is 1. The zero-order chi connectivity index (χ0) is 14.5. The molecule has 1 aliphatic rings. The van der Waals surface area contributed by atoms with Gasteiger partial charge in [-0.25, -0.2) is 12.7 Å². The van der Waals surface area contributed by atoms with Crippen LogP contribution < -0.4 is 0 Å². The maximum atomic E-state index is 12.0. The van der Waals surface area contributed by atoms with Crippen molar-refractivity contribution in [3.05, 3.63) is 0 Å². The molecule has 112 valence electrons. The maximum Gasteiger partial charge on any atom is 0.303 e. The van der Waals surface area contributed by atoms with Gasteiger partial charge >= 0.3 is 5.97 Å². The number of sulfonamides is 1. The van der Waals surface area contributed by atoms with E-state index in [9.17, 15) is 13.2 Å². The molecule has 0 bridgehead atoms. The van der Waals surface area contributed by atoms with Gasteiger partial charge in [-0.05, 0) is 32.4 Å². The van der Waals surface area contributed by atoms with Gasteiger partial charge in [-0.15, -0.1) is 0 Å². The number of aliphatic carboxylic acids is 1. The van der Waals surface area contributed by atoms with Crippen LogP contribution in [-0.2, 0) is 14.8 Å². The zero-order valence-corrected chi connectivity index (χ0v) is 12.5. The van der Waals surface area contributed by atoms with E-state index in [1.165, 1.54) is 4.31 Å².